The van der Waals surface area contributed by atoms with E-state index in [0.717, 1.165) is 22.6 Å². The summed E-state index contributed by atoms with van der Waals surface area (Å²) in [7, 11) is 0. The number of halogens is 3. The van der Waals surface area contributed by atoms with Crippen LogP contribution in [0.15, 0.2) is 89.1 Å². The summed E-state index contributed by atoms with van der Waals surface area (Å²) >= 11 is 2.77. The van der Waals surface area contributed by atoms with E-state index in [1.54, 1.807) is 47.4 Å². The molecule has 0 radical (unpaired) electrons. The van der Waals surface area contributed by atoms with Crippen LogP contribution in [0, 0.1) is 0 Å². The maximum Gasteiger partial charge on any atom is 0.416 e. The number of rotatable bonds is 3. The van der Waals surface area contributed by atoms with Gasteiger partial charge in [0.25, 0.3) is 5.91 Å². The molecule has 4 aromatic rings. The van der Waals surface area contributed by atoms with E-state index in [1.165, 1.54) is 35.2 Å². The number of ether oxygens (including phenoxy) is 1. The lowest BCUT2D eigenvalue weighted by atomic mass is 10.1. The fourth-order valence-electron chi connectivity index (χ4n) is 4.54. The highest BCUT2D eigenvalue weighted by Gasteiger charge is 2.40. The van der Waals surface area contributed by atoms with Gasteiger partial charge in [-0.2, -0.15) is 13.2 Å². The summed E-state index contributed by atoms with van der Waals surface area (Å²) in [5.74, 6) is 0.191. The Morgan fingerprint density at radius 3 is 2.47 bits per heavy atom. The Bertz CT molecular complexity index is 1610. The van der Waals surface area contributed by atoms with Gasteiger partial charge in [0, 0.05) is 16.0 Å². The maximum atomic E-state index is 13.6. The standard InChI is InChI=1S/C29H18F3NO3S2/c30-29(31,32)18-6-4-8-20(15-18)36-19-7-3-5-17(13-19)14-24-26(34)23-11-12-37-25(23)16-33-27(35)21-9-1-2-10-22(21)28(33)38-24/h1-15,28H,16H2. The molecule has 0 N–H and O–H groups in total. The highest BCUT2D eigenvalue weighted by molar-refractivity contribution is 8.04. The first-order valence-electron chi connectivity index (χ1n) is 11.6. The largest absolute Gasteiger partial charge is 0.457 e. The zero-order chi connectivity index (χ0) is 26.4. The number of carbonyl (C=O) groups excluding carboxylic acids is 2. The fraction of sp³-hybridized carbons (Fsp3) is 0.103. The third-order valence-corrected chi connectivity index (χ3v) is 8.52. The van der Waals surface area contributed by atoms with Crippen molar-refractivity contribution in [3.8, 4) is 11.5 Å². The van der Waals surface area contributed by atoms with E-state index in [0.29, 0.717) is 33.9 Å². The summed E-state index contributed by atoms with van der Waals surface area (Å²) < 4.78 is 45.0. The smallest absolute Gasteiger partial charge is 0.416 e. The Balaban J connectivity index is 1.36. The fourth-order valence-corrected chi connectivity index (χ4v) is 6.70. The number of benzene rings is 3. The van der Waals surface area contributed by atoms with Crippen LogP contribution >= 0.6 is 23.1 Å². The summed E-state index contributed by atoms with van der Waals surface area (Å²) in [5.41, 5.74) is 1.91. The lowest BCUT2D eigenvalue weighted by molar-refractivity contribution is -0.137. The third kappa shape index (κ3) is 4.52. The van der Waals surface area contributed by atoms with Gasteiger partial charge < -0.3 is 9.64 Å². The van der Waals surface area contributed by atoms with E-state index in [9.17, 15) is 22.8 Å². The van der Waals surface area contributed by atoms with Gasteiger partial charge >= 0.3 is 6.18 Å². The third-order valence-electron chi connectivity index (χ3n) is 6.32. The number of amides is 1. The molecule has 0 aliphatic carbocycles. The molecule has 6 rings (SSSR count). The van der Waals surface area contributed by atoms with E-state index in [1.807, 2.05) is 23.6 Å². The first-order valence-corrected chi connectivity index (χ1v) is 13.4. The number of Topliss-reactive ketones (excluding diaryl/α,β-unsaturated/α-hetero) is 1. The second-order valence-electron chi connectivity index (χ2n) is 8.79. The number of fused-ring (bicyclic) bond motifs is 4. The summed E-state index contributed by atoms with van der Waals surface area (Å²) in [6.07, 6.45) is -2.74. The van der Waals surface area contributed by atoms with Crippen molar-refractivity contribution in [2.75, 3.05) is 0 Å². The van der Waals surface area contributed by atoms with Gasteiger partial charge in [0.15, 0.2) is 0 Å². The quantitative estimate of drug-likeness (QED) is 0.242. The number of nitrogens with zero attached hydrogens (tertiary/aromatic N) is 1. The molecular formula is C29H18F3NO3S2. The van der Waals surface area contributed by atoms with Crippen LogP contribution in [0.2, 0.25) is 0 Å². The number of ketones is 1. The number of hydrogen-bond donors (Lipinski definition) is 0. The molecule has 9 heteroatoms. The first-order chi connectivity index (χ1) is 18.3. The lowest BCUT2D eigenvalue weighted by Gasteiger charge is -2.28. The van der Waals surface area contributed by atoms with Crippen molar-refractivity contribution in [3.05, 3.63) is 122 Å². The van der Waals surface area contributed by atoms with Crippen molar-refractivity contribution in [2.24, 2.45) is 0 Å². The number of thioether (sulfide) groups is 1. The van der Waals surface area contributed by atoms with Gasteiger partial charge in [-0.15, -0.1) is 11.3 Å². The molecular weight excluding hydrogens is 531 g/mol. The predicted octanol–water partition coefficient (Wildman–Crippen LogP) is 8.18. The number of allylic oxidation sites excluding steroid dienone is 1. The van der Waals surface area contributed by atoms with Crippen molar-refractivity contribution >= 4 is 40.9 Å². The molecule has 0 spiro atoms. The minimum atomic E-state index is -4.48. The van der Waals surface area contributed by atoms with Crippen LogP contribution in [0.4, 0.5) is 13.2 Å². The second-order valence-corrected chi connectivity index (χ2v) is 10.9. The molecule has 1 amide bonds. The topological polar surface area (TPSA) is 46.6 Å². The van der Waals surface area contributed by atoms with E-state index in [2.05, 4.69) is 0 Å². The van der Waals surface area contributed by atoms with Gasteiger partial charge in [-0.25, -0.2) is 0 Å². The molecule has 1 atom stereocenters. The van der Waals surface area contributed by atoms with Crippen LogP contribution in [0.1, 0.15) is 47.7 Å². The van der Waals surface area contributed by atoms with Gasteiger partial charge in [-0.1, -0.05) is 48.2 Å². The monoisotopic (exact) mass is 549 g/mol. The van der Waals surface area contributed by atoms with Crippen LogP contribution in [-0.4, -0.2) is 16.6 Å². The normalized spacial score (nSPS) is 18.0. The van der Waals surface area contributed by atoms with Crippen LogP contribution in [0.3, 0.4) is 0 Å². The highest BCUT2D eigenvalue weighted by Crippen LogP contribution is 2.48. The molecule has 2 aliphatic rings. The van der Waals surface area contributed by atoms with Gasteiger partial charge in [0.05, 0.1) is 17.0 Å². The number of thiophene rings is 1. The van der Waals surface area contributed by atoms with Gasteiger partial charge in [-0.05, 0) is 65.0 Å². The number of alkyl halides is 3. The predicted molar refractivity (Wildman–Crippen MR) is 141 cm³/mol. The zero-order valence-corrected chi connectivity index (χ0v) is 21.2. The Morgan fingerprint density at radius 1 is 0.895 bits per heavy atom. The molecule has 4 nitrogen and oxygen atoms in total. The summed E-state index contributed by atoms with van der Waals surface area (Å²) in [6.45, 7) is 0.359. The molecule has 0 saturated carbocycles. The van der Waals surface area contributed by atoms with Crippen molar-refractivity contribution in [2.45, 2.75) is 18.1 Å². The molecule has 38 heavy (non-hydrogen) atoms. The Kier molecular flexibility index (Phi) is 6.12. The SMILES string of the molecule is O=C1C(=Cc2cccc(Oc3cccc(C(F)(F)F)c3)c2)SC2c3ccccc3C(=O)N2Cc2sccc21. The summed E-state index contributed by atoms with van der Waals surface area (Å²) in [5, 5.41) is 1.50. The van der Waals surface area contributed by atoms with Gasteiger partial charge in [-0.3, -0.25) is 9.59 Å². The van der Waals surface area contributed by atoms with Crippen molar-refractivity contribution in [3.63, 3.8) is 0 Å². The molecule has 0 saturated heterocycles. The van der Waals surface area contributed by atoms with E-state index in [-0.39, 0.29) is 22.8 Å². The van der Waals surface area contributed by atoms with E-state index < -0.39 is 11.7 Å². The molecule has 3 aromatic carbocycles. The Hall–Kier alpha value is -3.82. The highest BCUT2D eigenvalue weighted by atomic mass is 32.2. The average Bonchev–Trinajstić information content (AvgIpc) is 3.45. The van der Waals surface area contributed by atoms with Crippen LogP contribution in [0.5, 0.6) is 11.5 Å². The summed E-state index contributed by atoms with van der Waals surface area (Å²) in [6, 6.07) is 20.7. The average molecular weight is 550 g/mol. The zero-order valence-electron chi connectivity index (χ0n) is 19.6. The number of hydrogen-bond acceptors (Lipinski definition) is 5. The lowest BCUT2D eigenvalue weighted by Crippen LogP contribution is -2.28. The molecule has 3 heterocycles. The molecule has 190 valence electrons. The molecule has 1 unspecified atom stereocenters. The van der Waals surface area contributed by atoms with Crippen LogP contribution < -0.4 is 4.74 Å². The Morgan fingerprint density at radius 2 is 1.66 bits per heavy atom. The molecule has 0 bridgehead atoms. The first kappa shape index (κ1) is 24.5. The van der Waals surface area contributed by atoms with Gasteiger partial charge in [0.2, 0.25) is 5.78 Å². The van der Waals surface area contributed by atoms with E-state index >= 15 is 0 Å². The Labute approximate surface area is 224 Å². The van der Waals surface area contributed by atoms with Crippen LogP contribution in [0.25, 0.3) is 6.08 Å². The molecule has 2 aliphatic heterocycles. The van der Waals surface area contributed by atoms with Crippen LogP contribution in [-0.2, 0) is 12.7 Å². The minimum Gasteiger partial charge on any atom is -0.457 e. The van der Waals surface area contributed by atoms with Gasteiger partial charge in [0.1, 0.15) is 16.9 Å². The minimum absolute atomic E-state index is 0.0562. The second kappa shape index (κ2) is 9.49. The molecule has 0 fully saturated rings. The maximum absolute atomic E-state index is 13.6. The number of carbonyl (C=O) groups is 2. The van der Waals surface area contributed by atoms with Crippen molar-refractivity contribution < 1.29 is 27.5 Å². The van der Waals surface area contributed by atoms with E-state index in [4.69, 9.17) is 4.74 Å². The molecule has 1 aromatic heterocycles. The summed E-state index contributed by atoms with van der Waals surface area (Å²) in [4.78, 5) is 29.9. The van der Waals surface area contributed by atoms with Crippen molar-refractivity contribution in [1.82, 2.24) is 4.90 Å². The van der Waals surface area contributed by atoms with Crippen molar-refractivity contribution in [1.29, 1.82) is 0 Å².